The van der Waals surface area contributed by atoms with Gasteiger partial charge in [-0.05, 0) is 37.8 Å². The van der Waals surface area contributed by atoms with E-state index in [-0.39, 0.29) is 13.2 Å². The van der Waals surface area contributed by atoms with E-state index >= 15 is 0 Å². The maximum Gasteiger partial charge on any atom is 0.333 e. The second-order valence-corrected chi connectivity index (χ2v) is 10.8. The van der Waals surface area contributed by atoms with Crippen LogP contribution in [-0.4, -0.2) is 25.2 Å². The molecule has 0 aromatic heterocycles. The average Bonchev–Trinajstić information content (AvgIpc) is 3.05. The lowest BCUT2D eigenvalue weighted by Gasteiger charge is -2.26. The van der Waals surface area contributed by atoms with Gasteiger partial charge in [-0.3, -0.25) is 0 Å². The van der Waals surface area contributed by atoms with Crippen molar-refractivity contribution in [3.8, 4) is 11.5 Å². The molecule has 0 saturated heterocycles. The van der Waals surface area contributed by atoms with Gasteiger partial charge in [-0.2, -0.15) is 0 Å². The Morgan fingerprint density at radius 2 is 0.977 bits per heavy atom. The SMILES string of the molecule is C=C(C)C(=O)OC(COc1c2c(c(OCC(OC(=O)C(=C)C)c3ccccc3)c3ccccc13)CC=CC2)c1ccccc1. The highest BCUT2D eigenvalue weighted by Crippen LogP contribution is 2.44. The van der Waals surface area contributed by atoms with Crippen LogP contribution < -0.4 is 9.47 Å². The summed E-state index contributed by atoms with van der Waals surface area (Å²) in [5, 5.41) is 1.76. The predicted octanol–water partition coefficient (Wildman–Crippen LogP) is 7.97. The molecule has 1 aliphatic carbocycles. The van der Waals surface area contributed by atoms with Crippen molar-refractivity contribution in [2.24, 2.45) is 0 Å². The number of carbonyl (C=O) groups excluding carboxylic acids is 2. The Hall–Kier alpha value is -5.10. The molecule has 0 spiro atoms. The molecule has 2 unspecified atom stereocenters. The fraction of sp³-hybridized carbons (Fsp3) is 0.211. The zero-order chi connectivity index (χ0) is 31.1. The number of benzene rings is 4. The molecule has 0 aliphatic heterocycles. The first-order valence-corrected chi connectivity index (χ1v) is 14.6. The van der Waals surface area contributed by atoms with Gasteiger partial charge in [0.25, 0.3) is 0 Å². The number of hydrogen-bond acceptors (Lipinski definition) is 6. The second kappa shape index (κ2) is 13.9. The summed E-state index contributed by atoms with van der Waals surface area (Å²) in [6.45, 7) is 11.0. The number of fused-ring (bicyclic) bond motifs is 2. The largest absolute Gasteiger partial charge is 0.488 e. The molecule has 0 amide bonds. The van der Waals surface area contributed by atoms with E-state index in [4.69, 9.17) is 18.9 Å². The van der Waals surface area contributed by atoms with Crippen molar-refractivity contribution >= 4 is 22.7 Å². The zero-order valence-electron chi connectivity index (χ0n) is 25.1. The van der Waals surface area contributed by atoms with Crippen LogP contribution in [0.25, 0.3) is 10.8 Å². The summed E-state index contributed by atoms with van der Waals surface area (Å²) in [7, 11) is 0. The Balaban J connectivity index is 1.50. The number of allylic oxidation sites excluding steroid dienone is 2. The van der Waals surface area contributed by atoms with Crippen LogP contribution in [0.15, 0.2) is 121 Å². The molecule has 0 N–H and O–H groups in total. The van der Waals surface area contributed by atoms with Crippen LogP contribution in [0.5, 0.6) is 11.5 Å². The first-order chi connectivity index (χ1) is 21.3. The molecular formula is C38H36O6. The topological polar surface area (TPSA) is 71.1 Å². The number of esters is 2. The maximum atomic E-state index is 12.5. The molecule has 6 heteroatoms. The lowest BCUT2D eigenvalue weighted by atomic mass is 9.90. The van der Waals surface area contributed by atoms with Crippen molar-refractivity contribution in [3.05, 3.63) is 144 Å². The molecule has 0 bridgehead atoms. The van der Waals surface area contributed by atoms with Crippen LogP contribution in [-0.2, 0) is 31.9 Å². The summed E-state index contributed by atoms with van der Waals surface area (Å²) >= 11 is 0. The lowest BCUT2D eigenvalue weighted by molar-refractivity contribution is -0.147. The smallest absolute Gasteiger partial charge is 0.333 e. The van der Waals surface area contributed by atoms with Crippen LogP contribution in [0.3, 0.4) is 0 Å². The van der Waals surface area contributed by atoms with Gasteiger partial charge < -0.3 is 18.9 Å². The normalized spacial score (nSPS) is 13.3. The first kappa shape index (κ1) is 30.4. The van der Waals surface area contributed by atoms with Gasteiger partial charge in [-0.15, -0.1) is 0 Å². The molecule has 44 heavy (non-hydrogen) atoms. The van der Waals surface area contributed by atoms with Gasteiger partial charge in [-0.25, -0.2) is 9.59 Å². The Kier molecular flexibility index (Phi) is 9.60. The highest BCUT2D eigenvalue weighted by Gasteiger charge is 2.26. The highest BCUT2D eigenvalue weighted by molar-refractivity contribution is 5.96. The standard InChI is InChI=1S/C38H36O6/c1-25(2)37(39)43-33(27-15-7-5-8-16-27)23-41-35-29-19-11-13-21-31(29)36(32-22-14-12-20-30(32)35)42-24-34(44-38(40)26(3)4)28-17-9-6-10-18-28/h5-19,21,33-34H,1,3,20,22-24H2,2,4H3. The second-order valence-electron chi connectivity index (χ2n) is 10.8. The molecule has 6 nitrogen and oxygen atoms in total. The van der Waals surface area contributed by atoms with Crippen LogP contribution in [0.4, 0.5) is 0 Å². The summed E-state index contributed by atoms with van der Waals surface area (Å²) in [6.07, 6.45) is 4.29. The van der Waals surface area contributed by atoms with E-state index in [0.29, 0.717) is 24.0 Å². The minimum atomic E-state index is -0.625. The first-order valence-electron chi connectivity index (χ1n) is 14.6. The summed E-state index contributed by atoms with van der Waals surface area (Å²) < 4.78 is 24.7. The van der Waals surface area contributed by atoms with Crippen LogP contribution in [0.1, 0.15) is 48.3 Å². The van der Waals surface area contributed by atoms with Crippen molar-refractivity contribution in [1.82, 2.24) is 0 Å². The number of hydrogen-bond donors (Lipinski definition) is 0. The number of carbonyl (C=O) groups is 2. The zero-order valence-corrected chi connectivity index (χ0v) is 25.1. The molecular weight excluding hydrogens is 552 g/mol. The van der Waals surface area contributed by atoms with Crippen molar-refractivity contribution in [3.63, 3.8) is 0 Å². The monoisotopic (exact) mass is 588 g/mol. The van der Waals surface area contributed by atoms with Crippen molar-refractivity contribution in [1.29, 1.82) is 0 Å². The van der Waals surface area contributed by atoms with Crippen molar-refractivity contribution < 1.29 is 28.5 Å². The summed E-state index contributed by atoms with van der Waals surface area (Å²) in [5.74, 6) is 0.517. The van der Waals surface area contributed by atoms with E-state index in [1.807, 2.05) is 84.9 Å². The Bertz CT molecular complexity index is 1580. The molecule has 1 aliphatic rings. The van der Waals surface area contributed by atoms with Crippen LogP contribution >= 0.6 is 0 Å². The van der Waals surface area contributed by atoms with Gasteiger partial charge in [-0.1, -0.05) is 110 Å². The third kappa shape index (κ3) is 6.92. The van der Waals surface area contributed by atoms with E-state index in [1.165, 1.54) is 0 Å². The molecule has 0 radical (unpaired) electrons. The lowest BCUT2D eigenvalue weighted by Crippen LogP contribution is -2.20. The Morgan fingerprint density at radius 1 is 0.614 bits per heavy atom. The number of ether oxygens (including phenoxy) is 4. The number of rotatable bonds is 12. The molecule has 4 aromatic carbocycles. The molecule has 0 fully saturated rings. The minimum absolute atomic E-state index is 0.121. The van der Waals surface area contributed by atoms with E-state index in [0.717, 1.165) is 44.5 Å². The van der Waals surface area contributed by atoms with E-state index in [2.05, 4.69) is 25.3 Å². The van der Waals surface area contributed by atoms with Gasteiger partial charge in [0, 0.05) is 33.0 Å². The van der Waals surface area contributed by atoms with Gasteiger partial charge in [0.2, 0.25) is 0 Å². The fourth-order valence-corrected chi connectivity index (χ4v) is 5.15. The molecule has 0 saturated carbocycles. The van der Waals surface area contributed by atoms with Crippen molar-refractivity contribution in [2.75, 3.05) is 13.2 Å². The summed E-state index contributed by atoms with van der Waals surface area (Å²) in [5.41, 5.74) is 4.32. The van der Waals surface area contributed by atoms with Gasteiger partial charge in [0.1, 0.15) is 24.7 Å². The summed E-state index contributed by atoms with van der Waals surface area (Å²) in [6, 6.07) is 27.0. The predicted molar refractivity (Wildman–Crippen MR) is 172 cm³/mol. The van der Waals surface area contributed by atoms with Gasteiger partial charge in [0.15, 0.2) is 12.2 Å². The van der Waals surface area contributed by atoms with E-state index < -0.39 is 24.1 Å². The van der Waals surface area contributed by atoms with Crippen molar-refractivity contribution in [2.45, 2.75) is 38.9 Å². The van der Waals surface area contributed by atoms with Crippen LogP contribution in [0.2, 0.25) is 0 Å². The van der Waals surface area contributed by atoms with Gasteiger partial charge >= 0.3 is 11.9 Å². The molecule has 0 heterocycles. The van der Waals surface area contributed by atoms with Gasteiger partial charge in [0.05, 0.1) is 0 Å². The minimum Gasteiger partial charge on any atom is -0.488 e. The average molecular weight is 589 g/mol. The third-order valence-corrected chi connectivity index (χ3v) is 7.44. The van der Waals surface area contributed by atoms with E-state index in [9.17, 15) is 9.59 Å². The molecule has 4 aromatic rings. The van der Waals surface area contributed by atoms with E-state index in [1.54, 1.807) is 13.8 Å². The molecule has 224 valence electrons. The third-order valence-electron chi connectivity index (χ3n) is 7.44. The quantitative estimate of drug-likeness (QED) is 0.0950. The Morgan fingerprint density at radius 3 is 1.34 bits per heavy atom. The molecule has 2 atom stereocenters. The maximum absolute atomic E-state index is 12.5. The highest BCUT2D eigenvalue weighted by atomic mass is 16.6. The Labute approximate surface area is 258 Å². The van der Waals surface area contributed by atoms with Crippen LogP contribution in [0, 0.1) is 0 Å². The fourth-order valence-electron chi connectivity index (χ4n) is 5.15. The summed E-state index contributed by atoms with van der Waals surface area (Å²) in [4.78, 5) is 25.0. The molecule has 5 rings (SSSR count).